The maximum atomic E-state index is 12.9. The molecule has 7 heteroatoms. The van der Waals surface area contributed by atoms with Gasteiger partial charge in [0.15, 0.2) is 11.5 Å². The first-order valence-corrected chi connectivity index (χ1v) is 8.00. The number of methoxy groups -OCH3 is 1. The van der Waals surface area contributed by atoms with Gasteiger partial charge in [-0.25, -0.2) is 0 Å². The van der Waals surface area contributed by atoms with Crippen molar-refractivity contribution in [2.24, 2.45) is 0 Å². The van der Waals surface area contributed by atoms with Crippen molar-refractivity contribution >= 4 is 22.9 Å². The molecule has 0 saturated heterocycles. The first-order valence-electron chi connectivity index (χ1n) is 8.00. The van der Waals surface area contributed by atoms with Crippen molar-refractivity contribution < 1.29 is 28.2 Å². The summed E-state index contributed by atoms with van der Waals surface area (Å²) >= 11 is 0. The maximum Gasteiger partial charge on any atom is 0.308 e. The lowest BCUT2D eigenvalue weighted by molar-refractivity contribution is -0.132. The van der Waals surface area contributed by atoms with Crippen molar-refractivity contribution in [2.45, 2.75) is 13.8 Å². The summed E-state index contributed by atoms with van der Waals surface area (Å²) < 4.78 is 20.8. The third kappa shape index (κ3) is 3.82. The molecule has 0 fully saturated rings. The molecule has 0 amide bonds. The first-order chi connectivity index (χ1) is 12.9. The van der Waals surface area contributed by atoms with E-state index in [1.54, 1.807) is 24.3 Å². The van der Waals surface area contributed by atoms with Gasteiger partial charge in [-0.3, -0.25) is 14.4 Å². The highest BCUT2D eigenvalue weighted by atomic mass is 16.6. The van der Waals surface area contributed by atoms with Crippen molar-refractivity contribution in [1.29, 1.82) is 0 Å². The Balaban J connectivity index is 2.08. The van der Waals surface area contributed by atoms with E-state index >= 15 is 0 Å². The molecule has 0 atom stereocenters. The zero-order valence-electron chi connectivity index (χ0n) is 14.9. The average Bonchev–Trinajstić information content (AvgIpc) is 2.61. The molecule has 3 aromatic rings. The average molecular weight is 368 g/mol. The van der Waals surface area contributed by atoms with Crippen LogP contribution in [0, 0.1) is 0 Å². The van der Waals surface area contributed by atoms with E-state index in [4.69, 9.17) is 18.6 Å². The Labute approximate surface area is 154 Å². The molecule has 1 heterocycles. The summed E-state index contributed by atoms with van der Waals surface area (Å²) in [4.78, 5) is 35.1. The Kier molecular flexibility index (Phi) is 4.94. The second kappa shape index (κ2) is 7.33. The van der Waals surface area contributed by atoms with Crippen LogP contribution in [0.25, 0.3) is 22.1 Å². The number of hydrogen-bond donors (Lipinski definition) is 0. The summed E-state index contributed by atoms with van der Waals surface area (Å²) in [6, 6.07) is 9.39. The van der Waals surface area contributed by atoms with Crippen LogP contribution in [0.15, 0.2) is 51.9 Å². The largest absolute Gasteiger partial charge is 0.493 e. The lowest BCUT2D eigenvalue weighted by Crippen LogP contribution is -2.07. The summed E-state index contributed by atoms with van der Waals surface area (Å²) in [6.07, 6.45) is 1.33. The number of esters is 2. The van der Waals surface area contributed by atoms with E-state index in [2.05, 4.69) is 0 Å². The molecular weight excluding hydrogens is 352 g/mol. The summed E-state index contributed by atoms with van der Waals surface area (Å²) in [5, 5.41) is 0.282. The summed E-state index contributed by atoms with van der Waals surface area (Å²) in [6.45, 7) is 2.58. The van der Waals surface area contributed by atoms with Crippen LogP contribution in [0.5, 0.6) is 17.2 Å². The second-order valence-electron chi connectivity index (χ2n) is 5.69. The van der Waals surface area contributed by atoms with Crippen LogP contribution in [-0.4, -0.2) is 19.0 Å². The zero-order valence-corrected chi connectivity index (χ0v) is 14.9. The normalized spacial score (nSPS) is 10.5. The molecule has 0 aliphatic carbocycles. The molecule has 27 heavy (non-hydrogen) atoms. The van der Waals surface area contributed by atoms with E-state index in [0.29, 0.717) is 16.9 Å². The molecule has 0 bridgehead atoms. The molecule has 0 aliphatic heterocycles. The molecular formula is C20H16O7. The van der Waals surface area contributed by atoms with Gasteiger partial charge in [0.2, 0.25) is 5.43 Å². The summed E-state index contributed by atoms with van der Waals surface area (Å²) in [5.74, 6) is -0.154. The monoisotopic (exact) mass is 368 g/mol. The number of benzene rings is 2. The van der Waals surface area contributed by atoms with E-state index in [0.717, 1.165) is 0 Å². The smallest absolute Gasteiger partial charge is 0.308 e. The van der Waals surface area contributed by atoms with Crippen LogP contribution in [0.3, 0.4) is 0 Å². The number of ether oxygens (including phenoxy) is 3. The lowest BCUT2D eigenvalue weighted by atomic mass is 10.1. The van der Waals surface area contributed by atoms with Gasteiger partial charge >= 0.3 is 11.9 Å². The molecule has 3 rings (SSSR count). The molecule has 0 saturated carbocycles. The number of carbonyl (C=O) groups excluding carboxylic acids is 2. The Bertz CT molecular complexity index is 1080. The predicted octanol–water partition coefficient (Wildman–Crippen LogP) is 3.32. The van der Waals surface area contributed by atoms with Crippen LogP contribution in [0.2, 0.25) is 0 Å². The minimum absolute atomic E-state index is 0.166. The van der Waals surface area contributed by atoms with Crippen LogP contribution >= 0.6 is 0 Å². The fraction of sp³-hybridized carbons (Fsp3) is 0.150. The SMILES string of the molecule is COc1cc2c(=O)c(-c3ccc(OC(C)=O)cc3)coc2cc1OC(C)=O. The highest BCUT2D eigenvalue weighted by molar-refractivity contribution is 5.85. The fourth-order valence-electron chi connectivity index (χ4n) is 2.60. The Hall–Kier alpha value is -3.61. The third-order valence-electron chi connectivity index (χ3n) is 3.74. The van der Waals surface area contributed by atoms with Gasteiger partial charge in [-0.2, -0.15) is 0 Å². The number of hydrogen-bond acceptors (Lipinski definition) is 7. The molecule has 0 spiro atoms. The van der Waals surface area contributed by atoms with Crippen molar-refractivity contribution in [2.75, 3.05) is 7.11 Å². The van der Waals surface area contributed by atoms with Crippen molar-refractivity contribution in [1.82, 2.24) is 0 Å². The van der Waals surface area contributed by atoms with Gasteiger partial charge in [-0.1, -0.05) is 12.1 Å². The van der Waals surface area contributed by atoms with Gasteiger partial charge in [0.25, 0.3) is 0 Å². The van der Waals surface area contributed by atoms with Crippen LogP contribution in [0.4, 0.5) is 0 Å². The van der Waals surface area contributed by atoms with Crippen LogP contribution < -0.4 is 19.6 Å². The van der Waals surface area contributed by atoms with Crippen LogP contribution in [0.1, 0.15) is 13.8 Å². The van der Waals surface area contributed by atoms with Crippen LogP contribution in [-0.2, 0) is 9.59 Å². The Morgan fingerprint density at radius 3 is 2.19 bits per heavy atom. The topological polar surface area (TPSA) is 92.0 Å². The standard InChI is InChI=1S/C20H16O7/c1-11(21)26-14-6-4-13(5-7-14)16-10-25-17-9-19(27-12(2)22)18(24-3)8-15(17)20(16)23/h4-10H,1-3H3. The molecule has 1 aromatic heterocycles. The molecule has 0 N–H and O–H groups in total. The molecule has 138 valence electrons. The minimum atomic E-state index is -0.514. The Morgan fingerprint density at radius 2 is 1.59 bits per heavy atom. The highest BCUT2D eigenvalue weighted by Gasteiger charge is 2.15. The minimum Gasteiger partial charge on any atom is -0.493 e. The summed E-state index contributed by atoms with van der Waals surface area (Å²) in [7, 11) is 1.41. The van der Waals surface area contributed by atoms with E-state index in [1.807, 2.05) is 0 Å². The number of carbonyl (C=O) groups is 2. The molecule has 0 radical (unpaired) electrons. The number of fused-ring (bicyclic) bond motifs is 1. The van der Waals surface area contributed by atoms with E-state index in [9.17, 15) is 14.4 Å². The lowest BCUT2D eigenvalue weighted by Gasteiger charge is -2.10. The Morgan fingerprint density at radius 1 is 0.926 bits per heavy atom. The van der Waals surface area contributed by atoms with Gasteiger partial charge in [-0.15, -0.1) is 0 Å². The fourth-order valence-corrected chi connectivity index (χ4v) is 2.60. The second-order valence-corrected chi connectivity index (χ2v) is 5.69. The van der Waals surface area contributed by atoms with Gasteiger partial charge < -0.3 is 18.6 Å². The molecule has 0 unspecified atom stereocenters. The molecule has 2 aromatic carbocycles. The number of rotatable bonds is 4. The van der Waals surface area contributed by atoms with Crippen molar-refractivity contribution in [3.63, 3.8) is 0 Å². The van der Waals surface area contributed by atoms with Crippen molar-refractivity contribution in [3.8, 4) is 28.4 Å². The van der Waals surface area contributed by atoms with Gasteiger partial charge in [-0.05, 0) is 23.8 Å². The van der Waals surface area contributed by atoms with E-state index < -0.39 is 11.9 Å². The van der Waals surface area contributed by atoms with Gasteiger partial charge in [0.05, 0.1) is 18.1 Å². The first kappa shape index (κ1) is 18.2. The predicted molar refractivity (Wildman–Crippen MR) is 97.1 cm³/mol. The third-order valence-corrected chi connectivity index (χ3v) is 3.74. The summed E-state index contributed by atoms with van der Waals surface area (Å²) in [5.41, 5.74) is 0.922. The molecule has 0 aliphatic rings. The van der Waals surface area contributed by atoms with E-state index in [-0.39, 0.29) is 27.9 Å². The quantitative estimate of drug-likeness (QED) is 0.515. The van der Waals surface area contributed by atoms with Gasteiger partial charge in [0, 0.05) is 19.9 Å². The highest BCUT2D eigenvalue weighted by Crippen LogP contribution is 2.32. The molecule has 7 nitrogen and oxygen atoms in total. The van der Waals surface area contributed by atoms with Gasteiger partial charge in [0.1, 0.15) is 17.6 Å². The maximum absolute atomic E-state index is 12.9. The zero-order chi connectivity index (χ0) is 19.6. The van der Waals surface area contributed by atoms with Crippen molar-refractivity contribution in [3.05, 3.63) is 52.9 Å². The van der Waals surface area contributed by atoms with E-state index in [1.165, 1.54) is 39.4 Å².